The summed E-state index contributed by atoms with van der Waals surface area (Å²) < 4.78 is 10.8. The molecule has 1 atom stereocenters. The van der Waals surface area contributed by atoms with Gasteiger partial charge in [0.1, 0.15) is 0 Å². The van der Waals surface area contributed by atoms with Crippen molar-refractivity contribution < 1.29 is 9.00 Å². The summed E-state index contributed by atoms with van der Waals surface area (Å²) in [5.74, 6) is 1.41. The maximum Gasteiger partial charge on any atom is 0.317 e. The topological polar surface area (TPSA) is 49.4 Å². The van der Waals surface area contributed by atoms with E-state index in [-0.39, 0.29) is 6.03 Å². The molecule has 0 aromatic heterocycles. The Morgan fingerprint density at radius 3 is 2.62 bits per heavy atom. The van der Waals surface area contributed by atoms with Crippen LogP contribution in [0.25, 0.3) is 0 Å². The molecule has 5 heteroatoms. The van der Waals surface area contributed by atoms with Gasteiger partial charge in [0.25, 0.3) is 0 Å². The van der Waals surface area contributed by atoms with Crippen LogP contribution >= 0.6 is 0 Å². The summed E-state index contributed by atoms with van der Waals surface area (Å²) in [4.78, 5) is 13.6. The number of carbonyl (C=O) groups excluding carboxylic acids is 1. The fourth-order valence-electron chi connectivity index (χ4n) is 1.79. The van der Waals surface area contributed by atoms with E-state index in [1.165, 1.54) is 0 Å². The molecule has 1 aliphatic rings. The standard InChI is InChI=1S/C11H22N2O2S/c1-10-4-7-13(8-5-10)11(14)12-6-3-9-16(2)15/h10H,3-9H2,1-2H3,(H,12,14). The largest absolute Gasteiger partial charge is 0.338 e. The van der Waals surface area contributed by atoms with Gasteiger partial charge in [0.2, 0.25) is 0 Å². The highest BCUT2D eigenvalue weighted by Gasteiger charge is 2.19. The Bertz CT molecular complexity index is 250. The fourth-order valence-corrected chi connectivity index (χ4v) is 2.35. The number of rotatable bonds is 4. The van der Waals surface area contributed by atoms with Gasteiger partial charge in [0, 0.05) is 42.4 Å². The molecule has 16 heavy (non-hydrogen) atoms. The van der Waals surface area contributed by atoms with E-state index in [9.17, 15) is 9.00 Å². The summed E-state index contributed by atoms with van der Waals surface area (Å²) in [6.45, 7) is 4.59. The van der Waals surface area contributed by atoms with Crippen LogP contribution in [0, 0.1) is 5.92 Å². The molecule has 0 radical (unpaired) electrons. The monoisotopic (exact) mass is 246 g/mol. The van der Waals surface area contributed by atoms with Gasteiger partial charge in [-0.15, -0.1) is 0 Å². The van der Waals surface area contributed by atoms with E-state index in [0.717, 1.165) is 38.3 Å². The molecule has 1 fully saturated rings. The second-order valence-corrected chi connectivity index (χ2v) is 6.09. The average Bonchev–Trinajstić information content (AvgIpc) is 2.25. The fraction of sp³-hybridized carbons (Fsp3) is 0.909. The molecule has 1 N–H and O–H groups in total. The SMILES string of the molecule is CC1CCN(C(=O)NCCCS(C)=O)CC1. The van der Waals surface area contributed by atoms with E-state index < -0.39 is 10.8 Å². The Balaban J connectivity index is 2.12. The summed E-state index contributed by atoms with van der Waals surface area (Å²) in [5, 5.41) is 2.88. The molecule has 0 spiro atoms. The third-order valence-electron chi connectivity index (χ3n) is 2.96. The van der Waals surface area contributed by atoms with Crippen LogP contribution in [0.15, 0.2) is 0 Å². The quantitative estimate of drug-likeness (QED) is 0.758. The number of likely N-dealkylation sites (tertiary alicyclic amines) is 1. The van der Waals surface area contributed by atoms with Gasteiger partial charge in [0.15, 0.2) is 0 Å². The highest BCUT2D eigenvalue weighted by Crippen LogP contribution is 2.15. The molecular weight excluding hydrogens is 224 g/mol. The second kappa shape index (κ2) is 6.89. The van der Waals surface area contributed by atoms with Gasteiger partial charge in [-0.1, -0.05) is 6.92 Å². The molecule has 0 saturated carbocycles. The van der Waals surface area contributed by atoms with Crippen LogP contribution in [0.5, 0.6) is 0 Å². The molecule has 1 saturated heterocycles. The van der Waals surface area contributed by atoms with Gasteiger partial charge in [-0.05, 0) is 25.2 Å². The highest BCUT2D eigenvalue weighted by atomic mass is 32.2. The van der Waals surface area contributed by atoms with Crippen LogP contribution < -0.4 is 5.32 Å². The highest BCUT2D eigenvalue weighted by molar-refractivity contribution is 7.84. The molecule has 1 heterocycles. The molecule has 1 aliphatic heterocycles. The molecule has 4 nitrogen and oxygen atoms in total. The molecule has 1 rings (SSSR count). The number of urea groups is 1. The van der Waals surface area contributed by atoms with Crippen LogP contribution in [-0.4, -0.2) is 46.8 Å². The lowest BCUT2D eigenvalue weighted by atomic mass is 10.00. The van der Waals surface area contributed by atoms with Crippen molar-refractivity contribution >= 4 is 16.8 Å². The number of amides is 2. The molecule has 0 bridgehead atoms. The number of nitrogens with one attached hydrogen (secondary N) is 1. The second-order valence-electron chi connectivity index (χ2n) is 4.53. The van der Waals surface area contributed by atoms with Crippen LogP contribution in [-0.2, 0) is 10.8 Å². The minimum absolute atomic E-state index is 0.0359. The number of piperidine rings is 1. The molecule has 0 aromatic carbocycles. The van der Waals surface area contributed by atoms with Crippen molar-refractivity contribution in [2.24, 2.45) is 5.92 Å². The predicted octanol–water partition coefficient (Wildman–Crippen LogP) is 1.20. The lowest BCUT2D eigenvalue weighted by molar-refractivity contribution is 0.174. The number of carbonyl (C=O) groups is 1. The van der Waals surface area contributed by atoms with Gasteiger partial charge in [0.05, 0.1) is 0 Å². The van der Waals surface area contributed by atoms with Crippen LogP contribution in [0.4, 0.5) is 4.79 Å². The first-order valence-electron chi connectivity index (χ1n) is 5.92. The minimum atomic E-state index is -0.755. The number of nitrogens with zero attached hydrogens (tertiary/aromatic N) is 1. The Kier molecular flexibility index (Phi) is 5.80. The van der Waals surface area contributed by atoms with E-state index in [0.29, 0.717) is 12.3 Å². The molecule has 1 unspecified atom stereocenters. The summed E-state index contributed by atoms with van der Waals surface area (Å²) in [7, 11) is -0.755. The maximum atomic E-state index is 11.7. The van der Waals surface area contributed by atoms with Crippen molar-refractivity contribution in [2.75, 3.05) is 31.6 Å². The zero-order valence-corrected chi connectivity index (χ0v) is 11.0. The van der Waals surface area contributed by atoms with E-state index in [2.05, 4.69) is 12.2 Å². The van der Waals surface area contributed by atoms with Crippen molar-refractivity contribution in [3.63, 3.8) is 0 Å². The van der Waals surface area contributed by atoms with Gasteiger partial charge >= 0.3 is 6.03 Å². The van der Waals surface area contributed by atoms with Gasteiger partial charge in [-0.25, -0.2) is 4.79 Å². The lowest BCUT2D eigenvalue weighted by Gasteiger charge is -2.30. The van der Waals surface area contributed by atoms with Crippen molar-refractivity contribution in [1.82, 2.24) is 10.2 Å². The van der Waals surface area contributed by atoms with Gasteiger partial charge in [-0.3, -0.25) is 4.21 Å². The molecule has 94 valence electrons. The van der Waals surface area contributed by atoms with Crippen molar-refractivity contribution in [3.05, 3.63) is 0 Å². The van der Waals surface area contributed by atoms with Crippen LogP contribution in [0.3, 0.4) is 0 Å². The predicted molar refractivity (Wildman–Crippen MR) is 66.9 cm³/mol. The lowest BCUT2D eigenvalue weighted by Crippen LogP contribution is -2.44. The van der Waals surface area contributed by atoms with Crippen LogP contribution in [0.2, 0.25) is 0 Å². The number of hydrogen-bond donors (Lipinski definition) is 1. The summed E-state index contributed by atoms with van der Waals surface area (Å²) in [6.07, 6.45) is 4.69. The van der Waals surface area contributed by atoms with Crippen LogP contribution in [0.1, 0.15) is 26.2 Å². The van der Waals surface area contributed by atoms with Crippen molar-refractivity contribution in [3.8, 4) is 0 Å². The van der Waals surface area contributed by atoms with E-state index in [1.807, 2.05) is 4.90 Å². The summed E-state index contributed by atoms with van der Waals surface area (Å²) in [6, 6.07) is 0.0359. The Labute approximate surface area is 100 Å². The van der Waals surface area contributed by atoms with Crippen molar-refractivity contribution in [1.29, 1.82) is 0 Å². The van der Waals surface area contributed by atoms with E-state index in [4.69, 9.17) is 0 Å². The first-order valence-corrected chi connectivity index (χ1v) is 7.65. The maximum absolute atomic E-state index is 11.7. The van der Waals surface area contributed by atoms with Gasteiger partial charge < -0.3 is 10.2 Å². The average molecular weight is 246 g/mol. The summed E-state index contributed by atoms with van der Waals surface area (Å²) in [5.41, 5.74) is 0. The minimum Gasteiger partial charge on any atom is -0.338 e. The normalized spacial score (nSPS) is 19.5. The van der Waals surface area contributed by atoms with E-state index >= 15 is 0 Å². The molecular formula is C11H22N2O2S. The Hall–Kier alpha value is -0.580. The third kappa shape index (κ3) is 4.96. The zero-order valence-electron chi connectivity index (χ0n) is 10.2. The summed E-state index contributed by atoms with van der Waals surface area (Å²) >= 11 is 0. The van der Waals surface area contributed by atoms with E-state index in [1.54, 1.807) is 6.26 Å². The Morgan fingerprint density at radius 1 is 1.44 bits per heavy atom. The zero-order chi connectivity index (χ0) is 12.0. The first kappa shape index (κ1) is 13.5. The first-order chi connectivity index (χ1) is 7.59. The van der Waals surface area contributed by atoms with Gasteiger partial charge in [-0.2, -0.15) is 0 Å². The number of hydrogen-bond acceptors (Lipinski definition) is 2. The molecule has 0 aromatic rings. The molecule has 2 amide bonds. The third-order valence-corrected chi connectivity index (χ3v) is 3.82. The smallest absolute Gasteiger partial charge is 0.317 e. The van der Waals surface area contributed by atoms with Crippen molar-refractivity contribution in [2.45, 2.75) is 26.2 Å². The Morgan fingerprint density at radius 2 is 2.06 bits per heavy atom. The molecule has 0 aliphatic carbocycles.